The molecule has 0 saturated heterocycles. The van der Waals surface area contributed by atoms with Gasteiger partial charge in [-0.15, -0.1) is 11.8 Å². The van der Waals surface area contributed by atoms with Gasteiger partial charge in [-0.25, -0.2) is 13.2 Å². The molecule has 0 bridgehead atoms. The highest BCUT2D eigenvalue weighted by Crippen LogP contribution is 2.31. The average molecular weight is 504 g/mol. The molecule has 0 spiro atoms. The van der Waals surface area contributed by atoms with Crippen LogP contribution in [0.3, 0.4) is 0 Å². The van der Waals surface area contributed by atoms with E-state index in [1.807, 2.05) is 54.6 Å². The van der Waals surface area contributed by atoms with E-state index in [1.54, 1.807) is 48.2 Å². The summed E-state index contributed by atoms with van der Waals surface area (Å²) in [4.78, 5) is 13.5. The van der Waals surface area contributed by atoms with Crippen molar-refractivity contribution in [3.8, 4) is 11.1 Å². The Bertz CT molecular complexity index is 1410. The number of carbonyl (C=O) groups excluding carboxylic acids is 1. The van der Waals surface area contributed by atoms with E-state index in [2.05, 4.69) is 16.9 Å². The predicted octanol–water partition coefficient (Wildman–Crippen LogP) is 6.28. The van der Waals surface area contributed by atoms with Gasteiger partial charge < -0.3 is 4.74 Å². The van der Waals surface area contributed by atoms with Gasteiger partial charge in [0.2, 0.25) is 0 Å². The Morgan fingerprint density at radius 1 is 0.857 bits per heavy atom. The third kappa shape index (κ3) is 6.12. The number of carbonyl (C=O) groups is 1. The van der Waals surface area contributed by atoms with Crippen LogP contribution in [0.4, 0.5) is 5.69 Å². The fourth-order valence-corrected chi connectivity index (χ4v) is 5.92. The predicted molar refractivity (Wildman–Crippen MR) is 141 cm³/mol. The molecule has 1 N–H and O–H groups in total. The molecule has 178 valence electrons. The highest BCUT2D eigenvalue weighted by molar-refractivity contribution is 7.99. The van der Waals surface area contributed by atoms with Crippen molar-refractivity contribution in [3.05, 3.63) is 114 Å². The first kappa shape index (κ1) is 24.6. The first-order valence-corrected chi connectivity index (χ1v) is 13.5. The van der Waals surface area contributed by atoms with E-state index in [1.165, 1.54) is 12.7 Å². The molecule has 0 heterocycles. The molecule has 0 fully saturated rings. The molecule has 5 nitrogen and oxygen atoms in total. The van der Waals surface area contributed by atoms with E-state index in [-0.39, 0.29) is 16.1 Å². The Balaban J connectivity index is 1.59. The summed E-state index contributed by atoms with van der Waals surface area (Å²) in [7, 11) is -2.71. The first-order valence-electron chi connectivity index (χ1n) is 11.0. The summed E-state index contributed by atoms with van der Waals surface area (Å²) >= 11 is 1.60. The number of anilines is 1. The Hall–Kier alpha value is -3.55. The number of rotatable bonds is 9. The van der Waals surface area contributed by atoms with Gasteiger partial charge in [0.15, 0.2) is 0 Å². The molecule has 0 amide bonds. The summed E-state index contributed by atoms with van der Waals surface area (Å²) in [6.45, 7) is 0. The maximum absolute atomic E-state index is 13.4. The number of aryl methyl sites for hydroxylation is 1. The Morgan fingerprint density at radius 2 is 1.51 bits per heavy atom. The SMILES string of the molecule is COC(=O)c1cc(SCCc2ccccc2)ccc1NS(=O)(=O)c1ccccc1-c1ccccc1. The Morgan fingerprint density at radius 3 is 2.23 bits per heavy atom. The van der Waals surface area contributed by atoms with Gasteiger partial charge in [0.05, 0.1) is 23.3 Å². The van der Waals surface area contributed by atoms with Crippen LogP contribution in [0.1, 0.15) is 15.9 Å². The number of benzene rings is 4. The molecule has 0 aliphatic heterocycles. The van der Waals surface area contributed by atoms with Crippen LogP contribution in [0.15, 0.2) is 113 Å². The van der Waals surface area contributed by atoms with Gasteiger partial charge in [-0.05, 0) is 41.8 Å². The second-order valence-corrected chi connectivity index (χ2v) is 10.6. The van der Waals surface area contributed by atoms with E-state index >= 15 is 0 Å². The fraction of sp³-hybridized carbons (Fsp3) is 0.107. The first-order chi connectivity index (χ1) is 17.0. The summed E-state index contributed by atoms with van der Waals surface area (Å²) in [5.74, 6) is 0.213. The van der Waals surface area contributed by atoms with E-state index in [0.717, 1.165) is 22.6 Å². The Labute approximate surface area is 210 Å². The van der Waals surface area contributed by atoms with Crippen LogP contribution in [-0.4, -0.2) is 27.2 Å². The summed E-state index contributed by atoms with van der Waals surface area (Å²) in [6.07, 6.45) is 0.879. The van der Waals surface area contributed by atoms with Gasteiger partial charge in [-0.2, -0.15) is 0 Å². The molecule has 0 aliphatic carbocycles. The van der Waals surface area contributed by atoms with E-state index in [9.17, 15) is 13.2 Å². The molecule has 0 saturated carbocycles. The van der Waals surface area contributed by atoms with E-state index in [0.29, 0.717) is 5.56 Å². The zero-order chi connectivity index (χ0) is 24.7. The van der Waals surface area contributed by atoms with Crippen LogP contribution in [0.5, 0.6) is 0 Å². The van der Waals surface area contributed by atoms with Crippen LogP contribution >= 0.6 is 11.8 Å². The van der Waals surface area contributed by atoms with Crippen LogP contribution in [0.2, 0.25) is 0 Å². The van der Waals surface area contributed by atoms with Crippen molar-refractivity contribution < 1.29 is 17.9 Å². The molecule has 0 aliphatic rings. The van der Waals surface area contributed by atoms with Crippen molar-refractivity contribution in [1.29, 1.82) is 0 Å². The standard InChI is InChI=1S/C28H25NO4S2/c1-33-28(30)25-20-23(34-19-18-21-10-4-2-5-11-21)16-17-26(25)29-35(31,32)27-15-9-8-14-24(27)22-12-6-3-7-13-22/h2-17,20,29H,18-19H2,1H3. The van der Waals surface area contributed by atoms with Crippen LogP contribution in [0.25, 0.3) is 11.1 Å². The molecule has 4 aromatic carbocycles. The number of methoxy groups -OCH3 is 1. The molecule has 0 radical (unpaired) electrons. The van der Waals surface area contributed by atoms with E-state index in [4.69, 9.17) is 4.74 Å². The largest absolute Gasteiger partial charge is 0.465 e. The lowest BCUT2D eigenvalue weighted by Gasteiger charge is -2.15. The number of nitrogens with one attached hydrogen (secondary N) is 1. The molecule has 0 unspecified atom stereocenters. The van der Waals surface area contributed by atoms with Gasteiger partial charge in [-0.1, -0.05) is 78.9 Å². The molecular weight excluding hydrogens is 478 g/mol. The zero-order valence-electron chi connectivity index (χ0n) is 19.2. The summed E-state index contributed by atoms with van der Waals surface area (Å²) in [5, 5.41) is 0. The van der Waals surface area contributed by atoms with Gasteiger partial charge in [0, 0.05) is 16.2 Å². The van der Waals surface area contributed by atoms with Crippen LogP contribution in [-0.2, 0) is 21.2 Å². The second-order valence-electron chi connectivity index (χ2n) is 7.75. The highest BCUT2D eigenvalue weighted by Gasteiger charge is 2.22. The number of esters is 1. The van der Waals surface area contributed by atoms with Crippen LogP contribution in [0, 0.1) is 0 Å². The number of ether oxygens (including phenoxy) is 1. The minimum atomic E-state index is -3.99. The second kappa shape index (κ2) is 11.3. The fourth-order valence-electron chi connectivity index (χ4n) is 3.67. The highest BCUT2D eigenvalue weighted by atomic mass is 32.2. The average Bonchev–Trinajstić information content (AvgIpc) is 2.90. The lowest BCUT2D eigenvalue weighted by molar-refractivity contribution is 0.0601. The third-order valence-corrected chi connectivity index (χ3v) is 7.82. The van der Waals surface area contributed by atoms with Gasteiger partial charge in [0.25, 0.3) is 10.0 Å². The lowest BCUT2D eigenvalue weighted by atomic mass is 10.1. The third-order valence-electron chi connectivity index (χ3n) is 5.40. The van der Waals surface area contributed by atoms with Crippen molar-refractivity contribution in [2.24, 2.45) is 0 Å². The number of hydrogen-bond donors (Lipinski definition) is 1. The Kier molecular flexibility index (Phi) is 7.90. The monoisotopic (exact) mass is 503 g/mol. The minimum absolute atomic E-state index is 0.128. The van der Waals surface area contributed by atoms with Crippen molar-refractivity contribution in [1.82, 2.24) is 0 Å². The van der Waals surface area contributed by atoms with Crippen molar-refractivity contribution in [2.75, 3.05) is 17.6 Å². The van der Waals surface area contributed by atoms with Gasteiger partial charge >= 0.3 is 5.97 Å². The van der Waals surface area contributed by atoms with Crippen molar-refractivity contribution in [2.45, 2.75) is 16.2 Å². The maximum atomic E-state index is 13.4. The molecule has 4 rings (SSSR count). The molecule has 0 atom stereocenters. The summed E-state index contributed by atoms with van der Waals surface area (Å²) in [5.41, 5.74) is 2.93. The molecule has 7 heteroatoms. The van der Waals surface area contributed by atoms with E-state index < -0.39 is 16.0 Å². The zero-order valence-corrected chi connectivity index (χ0v) is 20.8. The smallest absolute Gasteiger partial charge is 0.340 e. The number of hydrogen-bond acceptors (Lipinski definition) is 5. The summed E-state index contributed by atoms with van der Waals surface area (Å²) in [6, 6.07) is 31.3. The molecule has 4 aromatic rings. The van der Waals surface area contributed by atoms with Crippen molar-refractivity contribution in [3.63, 3.8) is 0 Å². The summed E-state index contributed by atoms with van der Waals surface area (Å²) < 4.78 is 34.3. The lowest BCUT2D eigenvalue weighted by Crippen LogP contribution is -2.17. The normalized spacial score (nSPS) is 11.1. The molecule has 35 heavy (non-hydrogen) atoms. The molecule has 0 aromatic heterocycles. The topological polar surface area (TPSA) is 72.5 Å². The molecular formula is C28H25NO4S2. The number of sulfonamides is 1. The quantitative estimate of drug-likeness (QED) is 0.215. The van der Waals surface area contributed by atoms with Crippen molar-refractivity contribution >= 4 is 33.4 Å². The minimum Gasteiger partial charge on any atom is -0.465 e. The number of thioether (sulfide) groups is 1. The van der Waals surface area contributed by atoms with Gasteiger partial charge in [-0.3, -0.25) is 4.72 Å². The van der Waals surface area contributed by atoms with Gasteiger partial charge in [0.1, 0.15) is 0 Å². The maximum Gasteiger partial charge on any atom is 0.340 e. The van der Waals surface area contributed by atoms with Crippen LogP contribution < -0.4 is 4.72 Å².